The molecule has 6 aromatic carbocycles. The average Bonchev–Trinajstić information content (AvgIpc) is 1.51. The number of aliphatic hydroxyl groups excluding tert-OH is 3. The summed E-state index contributed by atoms with van der Waals surface area (Å²) in [6, 6.07) is 54.7. The van der Waals surface area contributed by atoms with Crippen LogP contribution in [0.3, 0.4) is 0 Å². The standard InChI is InChI=1S/3C28H27F2N3O4/c3*1-36-22-13-33-14-23-26(22)27(35)21(12-32-15-24(29)30)20(16-34)25(18-5-3-2-4-6-18)28(27,37-23)19-9-7-17(11-31)8-10-19/h3*2-10,13-14,20-21,24-25,32,34-35H,12,15-16H2,1H3/t3*20-,21-,25+,27+,28-/m000/s1. The first-order valence-electron chi connectivity index (χ1n) is 36.0. The predicted octanol–water partition coefficient (Wildman–Crippen LogP) is 9.94. The van der Waals surface area contributed by atoms with E-state index in [0.29, 0.717) is 84.6 Å². The zero-order valence-electron chi connectivity index (χ0n) is 60.4. The third-order valence-corrected chi connectivity index (χ3v) is 23.1. The maximum atomic E-state index is 13.1. The molecule has 6 aliphatic rings. The van der Waals surface area contributed by atoms with Crippen LogP contribution in [-0.4, -0.2) is 145 Å². The fourth-order valence-electron chi connectivity index (χ4n) is 19.0. The summed E-state index contributed by atoms with van der Waals surface area (Å²) in [5, 5.41) is 108. The number of hydrogen-bond acceptors (Lipinski definition) is 21. The summed E-state index contributed by atoms with van der Waals surface area (Å²) in [4.78, 5) is 12.7. The van der Waals surface area contributed by atoms with E-state index < -0.39 is 126 Å². The Kier molecular flexibility index (Phi) is 22.8. The lowest BCUT2D eigenvalue weighted by Crippen LogP contribution is -2.52. The minimum absolute atomic E-state index is 0.0122. The minimum atomic E-state index is -2.58. The number of aliphatic hydroxyl groups is 6. The van der Waals surface area contributed by atoms with Crippen molar-refractivity contribution >= 4 is 0 Å². The van der Waals surface area contributed by atoms with E-state index in [1.165, 1.54) is 58.5 Å². The van der Waals surface area contributed by atoms with Gasteiger partial charge in [-0.1, -0.05) is 127 Å². The van der Waals surface area contributed by atoms with E-state index in [1.807, 2.05) is 91.0 Å². The lowest BCUT2D eigenvalue weighted by atomic mass is 9.69. The highest BCUT2D eigenvalue weighted by atomic mass is 19.3. The van der Waals surface area contributed by atoms with E-state index in [-0.39, 0.29) is 39.5 Å². The predicted molar refractivity (Wildman–Crippen MR) is 391 cm³/mol. The molecule has 0 spiro atoms. The monoisotopic (exact) mass is 1520 g/mol. The van der Waals surface area contributed by atoms with E-state index in [9.17, 15) is 72.8 Å². The summed E-state index contributed by atoms with van der Waals surface area (Å²) in [6.45, 7) is -2.71. The number of nitrogens with one attached hydrogen (secondary N) is 3. The molecule has 15 atom stereocenters. The number of halogens is 6. The number of aromatic nitrogens is 3. The van der Waals surface area contributed by atoms with E-state index in [2.05, 4.69) is 49.1 Å². The van der Waals surface area contributed by atoms with Crippen molar-refractivity contribution in [2.45, 2.75) is 70.6 Å². The normalized spacial score (nSPS) is 27.9. The Morgan fingerprint density at radius 2 is 0.631 bits per heavy atom. The van der Waals surface area contributed by atoms with Gasteiger partial charge in [-0.3, -0.25) is 15.0 Å². The van der Waals surface area contributed by atoms with Gasteiger partial charge < -0.3 is 75.0 Å². The largest absolute Gasteiger partial charge is 0.495 e. The van der Waals surface area contributed by atoms with Gasteiger partial charge in [0.1, 0.15) is 51.3 Å². The molecule has 0 bridgehead atoms. The third kappa shape index (κ3) is 12.8. The highest BCUT2D eigenvalue weighted by Gasteiger charge is 2.79. The first kappa shape index (κ1) is 78.4. The first-order valence-corrected chi connectivity index (χ1v) is 36.0. The van der Waals surface area contributed by atoms with E-state index in [0.717, 1.165) is 16.7 Å². The van der Waals surface area contributed by atoms with E-state index >= 15 is 0 Å². The average molecular weight is 1520 g/mol. The van der Waals surface area contributed by atoms with Gasteiger partial charge in [0, 0.05) is 92.7 Å². The molecule has 27 heteroatoms. The van der Waals surface area contributed by atoms with Gasteiger partial charge in [0.05, 0.1) is 130 Å². The Bertz CT molecular complexity index is 4380. The summed E-state index contributed by atoms with van der Waals surface area (Å²) < 4.78 is 116. The molecule has 0 saturated heterocycles. The zero-order chi connectivity index (χ0) is 78.6. The van der Waals surface area contributed by atoms with E-state index in [4.69, 9.17) is 28.4 Å². The van der Waals surface area contributed by atoms with Crippen LogP contribution in [0.15, 0.2) is 201 Å². The lowest BCUT2D eigenvalue weighted by Gasteiger charge is -2.42. The van der Waals surface area contributed by atoms with Crippen molar-refractivity contribution in [2.24, 2.45) is 35.5 Å². The Balaban J connectivity index is 0.000000146. The highest BCUT2D eigenvalue weighted by molar-refractivity contribution is 5.63. The molecule has 3 aliphatic heterocycles. The Labute approximate surface area is 636 Å². The molecule has 3 aromatic heterocycles. The van der Waals surface area contributed by atoms with Gasteiger partial charge >= 0.3 is 0 Å². The number of rotatable bonds is 24. The van der Waals surface area contributed by atoms with Gasteiger partial charge in [0.25, 0.3) is 19.3 Å². The van der Waals surface area contributed by atoms with Crippen LogP contribution in [0.5, 0.6) is 34.5 Å². The maximum Gasteiger partial charge on any atom is 0.250 e. The number of methoxy groups -OCH3 is 3. The van der Waals surface area contributed by atoms with Crippen molar-refractivity contribution in [3.8, 4) is 52.7 Å². The van der Waals surface area contributed by atoms with Crippen molar-refractivity contribution in [1.29, 1.82) is 15.8 Å². The van der Waals surface area contributed by atoms with Crippen LogP contribution in [0, 0.1) is 69.5 Å². The Morgan fingerprint density at radius 3 is 0.838 bits per heavy atom. The topological polar surface area (TPSA) is 323 Å². The zero-order valence-corrected chi connectivity index (χ0v) is 60.4. The van der Waals surface area contributed by atoms with Crippen LogP contribution in [0.25, 0.3) is 0 Å². The van der Waals surface area contributed by atoms with Gasteiger partial charge in [-0.25, -0.2) is 26.3 Å². The second-order valence-corrected chi connectivity index (χ2v) is 28.2. The molecule has 9 N–H and O–H groups in total. The molecule has 6 heterocycles. The number of ether oxygens (including phenoxy) is 6. The Hall–Kier alpha value is -10.7. The summed E-state index contributed by atoms with van der Waals surface area (Å²) >= 11 is 0. The molecule has 0 unspecified atom stereocenters. The fraction of sp³-hybridized carbons (Fsp3) is 0.357. The number of benzene rings is 6. The van der Waals surface area contributed by atoms with Crippen LogP contribution in [-0.2, 0) is 33.6 Å². The minimum Gasteiger partial charge on any atom is -0.495 e. The Morgan fingerprint density at radius 1 is 0.387 bits per heavy atom. The van der Waals surface area contributed by atoms with Crippen molar-refractivity contribution in [1.82, 2.24) is 30.9 Å². The molecule has 0 radical (unpaired) electrons. The summed E-state index contributed by atoms with van der Waals surface area (Å²) in [5.41, 5.74) is -3.35. The third-order valence-electron chi connectivity index (χ3n) is 23.1. The summed E-state index contributed by atoms with van der Waals surface area (Å²) in [7, 11) is 4.37. The number of pyridine rings is 3. The number of nitriles is 3. The number of fused-ring (bicyclic) bond motifs is 9. The van der Waals surface area contributed by atoms with Gasteiger partial charge in [-0.05, 0) is 69.8 Å². The lowest BCUT2D eigenvalue weighted by molar-refractivity contribution is -0.128. The second-order valence-electron chi connectivity index (χ2n) is 28.2. The number of hydrogen-bond donors (Lipinski definition) is 9. The highest BCUT2D eigenvalue weighted by Crippen LogP contribution is 2.75. The van der Waals surface area contributed by atoms with Gasteiger partial charge in [-0.2, -0.15) is 15.8 Å². The summed E-state index contributed by atoms with van der Waals surface area (Å²) in [6.07, 6.45) is 1.18. The van der Waals surface area contributed by atoms with Gasteiger partial charge in [-0.15, -0.1) is 0 Å². The van der Waals surface area contributed by atoms with Crippen LogP contribution >= 0.6 is 0 Å². The van der Waals surface area contributed by atoms with Crippen LogP contribution in [0.1, 0.15) is 84.5 Å². The molecule has 21 nitrogen and oxygen atoms in total. The van der Waals surface area contributed by atoms with Crippen molar-refractivity contribution in [3.63, 3.8) is 0 Å². The molecule has 15 rings (SSSR count). The van der Waals surface area contributed by atoms with Gasteiger partial charge in [0.2, 0.25) is 0 Å². The maximum absolute atomic E-state index is 13.1. The quantitative estimate of drug-likeness (QED) is 0.0254. The second kappa shape index (κ2) is 32.3. The fourth-order valence-corrected chi connectivity index (χ4v) is 19.0. The van der Waals surface area contributed by atoms with Crippen molar-refractivity contribution < 1.29 is 85.4 Å². The molecule has 3 saturated carbocycles. The molecule has 3 fully saturated rings. The van der Waals surface area contributed by atoms with E-state index in [1.54, 1.807) is 72.8 Å². The van der Waals surface area contributed by atoms with Crippen molar-refractivity contribution in [2.75, 3.05) is 80.4 Å². The molecular formula is C84H81F6N9O12. The smallest absolute Gasteiger partial charge is 0.250 e. The van der Waals surface area contributed by atoms with Crippen LogP contribution < -0.4 is 44.4 Å². The van der Waals surface area contributed by atoms with Crippen molar-refractivity contribution in [3.05, 3.63) is 268 Å². The number of nitrogens with zero attached hydrogens (tertiary/aromatic N) is 6. The molecule has 0 amide bonds. The van der Waals surface area contributed by atoms with Gasteiger partial charge in [0.15, 0.2) is 16.8 Å². The van der Waals surface area contributed by atoms with Crippen LogP contribution in [0.4, 0.5) is 26.3 Å². The SMILES string of the molecule is COc1cncc2c1[C@]1(O)[C@@H](CNCC(F)F)[C@H](CO)[C@@H](c3ccccc3)[C@]1(c1ccc(C#N)cc1)O2.COc1cncc2c1[C@]1(O)[C@@H](CNCC(F)F)[C@H](CO)[C@@H](c3ccccc3)[C@]1(c1ccc(C#N)cc1)O2.COc1cncc2c1[C@]1(O)[C@@H](CNCC(F)F)[C@H](CO)[C@@H](c3ccccc3)[C@]1(c1ccc(C#N)cc1)O2. The van der Waals surface area contributed by atoms with Crippen LogP contribution in [0.2, 0.25) is 0 Å². The molecule has 576 valence electrons. The molecule has 9 aromatic rings. The first-order chi connectivity index (χ1) is 53.7. The number of alkyl halides is 6. The molecular weight excluding hydrogens is 1440 g/mol. The molecule has 3 aliphatic carbocycles. The molecule has 111 heavy (non-hydrogen) atoms. The summed E-state index contributed by atoms with van der Waals surface area (Å²) in [5.74, 6) is -3.99.